The van der Waals surface area contributed by atoms with Gasteiger partial charge in [0.25, 0.3) is 11.6 Å². The lowest BCUT2D eigenvalue weighted by Gasteiger charge is -2.34. The molecule has 4 rings (SSSR count). The van der Waals surface area contributed by atoms with Gasteiger partial charge < -0.3 is 10.1 Å². The molecule has 8 nitrogen and oxygen atoms in total. The van der Waals surface area contributed by atoms with E-state index in [1.54, 1.807) is 0 Å². The van der Waals surface area contributed by atoms with Crippen LogP contribution in [0.4, 0.5) is 18.9 Å². The Morgan fingerprint density at radius 1 is 1.24 bits per heavy atom. The molecule has 0 saturated carbocycles. The summed E-state index contributed by atoms with van der Waals surface area (Å²) in [6.45, 7) is 2.74. The Morgan fingerprint density at radius 2 is 1.94 bits per heavy atom. The summed E-state index contributed by atoms with van der Waals surface area (Å²) in [6.07, 6.45) is -4.77. The molecule has 1 aliphatic rings. The number of amides is 1. The number of aromatic nitrogens is 1. The highest BCUT2D eigenvalue weighted by molar-refractivity contribution is 7.20. The quantitative estimate of drug-likeness (QED) is 0.423. The summed E-state index contributed by atoms with van der Waals surface area (Å²) in [6, 6.07) is 10.6. The number of nitrogens with zero attached hydrogens (tertiary/aromatic N) is 3. The summed E-state index contributed by atoms with van der Waals surface area (Å²) < 4.78 is 44.7. The lowest BCUT2D eigenvalue weighted by atomic mass is 10.0. The van der Waals surface area contributed by atoms with Crippen molar-refractivity contribution in [3.8, 4) is 0 Å². The number of halogens is 3. The van der Waals surface area contributed by atoms with Crippen molar-refractivity contribution in [2.45, 2.75) is 12.2 Å². The minimum Gasteiger partial charge on any atom is -0.379 e. The SMILES string of the molecule is O=C(NCC(c1ccccc1)N1CCOCC1)c1nc2cc(C(F)(F)F)cc([N+](=O)[O-])c2s1. The molecule has 1 saturated heterocycles. The van der Waals surface area contributed by atoms with E-state index in [0.29, 0.717) is 43.7 Å². The maximum Gasteiger partial charge on any atom is 0.416 e. The number of non-ortho nitro benzene ring substituents is 1. The number of carbonyl (C=O) groups excluding carboxylic acids is 1. The van der Waals surface area contributed by atoms with Gasteiger partial charge >= 0.3 is 6.18 Å². The van der Waals surface area contributed by atoms with Crippen molar-refractivity contribution < 1.29 is 27.6 Å². The van der Waals surface area contributed by atoms with Gasteiger partial charge in [0.05, 0.1) is 35.3 Å². The Morgan fingerprint density at radius 3 is 2.58 bits per heavy atom. The maximum absolute atomic E-state index is 13.1. The summed E-state index contributed by atoms with van der Waals surface area (Å²) in [5.41, 5.74) is -1.16. The molecule has 1 unspecified atom stereocenters. The maximum atomic E-state index is 13.1. The normalized spacial score (nSPS) is 16.0. The van der Waals surface area contributed by atoms with Gasteiger partial charge in [-0.3, -0.25) is 19.8 Å². The van der Waals surface area contributed by atoms with Gasteiger partial charge in [-0.1, -0.05) is 30.3 Å². The monoisotopic (exact) mass is 480 g/mol. The molecule has 1 N–H and O–H groups in total. The Hall–Kier alpha value is -3.09. The fourth-order valence-electron chi connectivity index (χ4n) is 3.70. The number of hydrogen-bond donors (Lipinski definition) is 1. The minimum atomic E-state index is -4.77. The highest BCUT2D eigenvalue weighted by Gasteiger charge is 2.34. The largest absolute Gasteiger partial charge is 0.416 e. The zero-order valence-electron chi connectivity index (χ0n) is 17.2. The van der Waals surface area contributed by atoms with Crippen molar-refractivity contribution in [3.05, 3.63) is 68.7 Å². The molecule has 0 bridgehead atoms. The molecular formula is C21H19F3N4O4S. The van der Waals surface area contributed by atoms with Crippen LogP contribution in [0.15, 0.2) is 42.5 Å². The van der Waals surface area contributed by atoms with Crippen LogP contribution in [0.25, 0.3) is 10.2 Å². The first-order valence-electron chi connectivity index (χ1n) is 10.0. The third-order valence-electron chi connectivity index (χ3n) is 5.32. The Bertz CT molecular complexity index is 1160. The molecular weight excluding hydrogens is 461 g/mol. The number of benzene rings is 2. The molecule has 0 radical (unpaired) electrons. The molecule has 12 heteroatoms. The van der Waals surface area contributed by atoms with Gasteiger partial charge in [-0.2, -0.15) is 13.2 Å². The van der Waals surface area contributed by atoms with Gasteiger partial charge in [0.1, 0.15) is 4.70 Å². The minimum absolute atomic E-state index is 0.0778. The number of carbonyl (C=O) groups is 1. The molecule has 0 aliphatic carbocycles. The van der Waals surface area contributed by atoms with E-state index in [0.717, 1.165) is 11.6 Å². The molecule has 1 amide bonds. The number of nitrogens with one attached hydrogen (secondary N) is 1. The van der Waals surface area contributed by atoms with Crippen molar-refractivity contribution in [1.29, 1.82) is 0 Å². The van der Waals surface area contributed by atoms with Crippen molar-refractivity contribution >= 4 is 33.1 Å². The van der Waals surface area contributed by atoms with E-state index in [-0.39, 0.29) is 27.8 Å². The molecule has 3 aromatic rings. The lowest BCUT2D eigenvalue weighted by Crippen LogP contribution is -2.43. The zero-order valence-corrected chi connectivity index (χ0v) is 18.0. The number of thiazole rings is 1. The van der Waals surface area contributed by atoms with Gasteiger partial charge in [-0.15, -0.1) is 11.3 Å². The molecule has 2 aromatic carbocycles. The van der Waals surface area contributed by atoms with E-state index in [4.69, 9.17) is 4.74 Å². The van der Waals surface area contributed by atoms with Crippen LogP contribution in [0.2, 0.25) is 0 Å². The number of alkyl halides is 3. The third-order valence-corrected chi connectivity index (χ3v) is 6.41. The van der Waals surface area contributed by atoms with E-state index < -0.39 is 28.3 Å². The summed E-state index contributed by atoms with van der Waals surface area (Å²) >= 11 is 0.697. The Labute approximate surface area is 190 Å². The first kappa shape index (κ1) is 23.1. The van der Waals surface area contributed by atoms with E-state index in [1.807, 2.05) is 30.3 Å². The molecule has 1 aliphatic heterocycles. The summed E-state index contributed by atoms with van der Waals surface area (Å²) in [4.78, 5) is 29.4. The van der Waals surface area contributed by atoms with Crippen LogP contribution in [-0.4, -0.2) is 53.6 Å². The van der Waals surface area contributed by atoms with Crippen molar-refractivity contribution in [2.75, 3.05) is 32.8 Å². The van der Waals surface area contributed by atoms with Gasteiger partial charge in [0.15, 0.2) is 5.01 Å². The van der Waals surface area contributed by atoms with Crippen molar-refractivity contribution in [2.24, 2.45) is 0 Å². The van der Waals surface area contributed by atoms with Crippen molar-refractivity contribution in [3.63, 3.8) is 0 Å². The molecule has 33 heavy (non-hydrogen) atoms. The van der Waals surface area contributed by atoms with Gasteiger partial charge in [0.2, 0.25) is 0 Å². The first-order chi connectivity index (χ1) is 15.7. The standard InChI is InChI=1S/C21H19F3N4O4S/c22-21(23,24)14-10-15-18(16(11-14)28(30)31)33-20(26-15)19(29)25-12-17(13-4-2-1-3-5-13)27-6-8-32-9-7-27/h1-5,10-11,17H,6-9,12H2,(H,25,29). The second kappa shape index (κ2) is 9.41. The number of ether oxygens (including phenoxy) is 1. The van der Waals surface area contributed by atoms with Gasteiger partial charge in [-0.05, 0) is 11.6 Å². The number of hydrogen-bond acceptors (Lipinski definition) is 7. The topological polar surface area (TPSA) is 97.6 Å². The van der Waals surface area contributed by atoms with E-state index in [9.17, 15) is 28.1 Å². The van der Waals surface area contributed by atoms with Crippen molar-refractivity contribution in [1.82, 2.24) is 15.2 Å². The fourth-order valence-corrected chi connectivity index (χ4v) is 4.65. The predicted octanol–water partition coefficient (Wildman–Crippen LogP) is 4.03. The smallest absolute Gasteiger partial charge is 0.379 e. The van der Waals surface area contributed by atoms with Crippen LogP contribution in [0.3, 0.4) is 0 Å². The van der Waals surface area contributed by atoms with E-state index in [1.165, 1.54) is 0 Å². The second-order valence-electron chi connectivity index (χ2n) is 7.40. The number of morpholine rings is 1. The number of fused-ring (bicyclic) bond motifs is 1. The molecule has 2 heterocycles. The fraction of sp³-hybridized carbons (Fsp3) is 0.333. The molecule has 1 fully saturated rings. The van der Waals surface area contributed by atoms with E-state index in [2.05, 4.69) is 15.2 Å². The highest BCUT2D eigenvalue weighted by atomic mass is 32.1. The lowest BCUT2D eigenvalue weighted by molar-refractivity contribution is -0.383. The number of nitro groups is 1. The number of rotatable bonds is 6. The van der Waals surface area contributed by atoms with Crippen LogP contribution in [0.5, 0.6) is 0 Å². The first-order valence-corrected chi connectivity index (χ1v) is 10.9. The van der Waals surface area contributed by atoms with Gasteiger partial charge in [-0.25, -0.2) is 4.98 Å². The van der Waals surface area contributed by atoms with Crippen LogP contribution in [0, 0.1) is 10.1 Å². The Kier molecular flexibility index (Phi) is 6.58. The number of nitro benzene ring substituents is 1. The van der Waals surface area contributed by atoms with Crippen LogP contribution >= 0.6 is 11.3 Å². The predicted molar refractivity (Wildman–Crippen MR) is 115 cm³/mol. The third kappa shape index (κ3) is 5.13. The molecule has 174 valence electrons. The van der Waals surface area contributed by atoms with Gasteiger partial charge in [0, 0.05) is 25.7 Å². The summed E-state index contributed by atoms with van der Waals surface area (Å²) in [7, 11) is 0. The molecule has 0 spiro atoms. The summed E-state index contributed by atoms with van der Waals surface area (Å²) in [5.74, 6) is -0.603. The van der Waals surface area contributed by atoms with Crippen LogP contribution in [-0.2, 0) is 10.9 Å². The molecule has 1 aromatic heterocycles. The highest BCUT2D eigenvalue weighted by Crippen LogP contribution is 2.38. The Balaban J connectivity index is 1.58. The second-order valence-corrected chi connectivity index (χ2v) is 8.40. The van der Waals surface area contributed by atoms with Crippen LogP contribution in [0.1, 0.15) is 27.0 Å². The summed E-state index contributed by atoms with van der Waals surface area (Å²) in [5, 5.41) is 14.0. The average molecular weight is 480 g/mol. The average Bonchev–Trinajstić information content (AvgIpc) is 3.23. The zero-order chi connectivity index (χ0) is 23.6. The van der Waals surface area contributed by atoms with Crippen LogP contribution < -0.4 is 5.32 Å². The molecule has 1 atom stereocenters. The van der Waals surface area contributed by atoms with E-state index >= 15 is 0 Å².